The van der Waals surface area contributed by atoms with E-state index in [1.807, 2.05) is 24.3 Å². The monoisotopic (exact) mass is 289 g/mol. The Morgan fingerprint density at radius 1 is 1.38 bits per heavy atom. The molecule has 1 atom stereocenters. The molecule has 0 saturated carbocycles. The first-order valence-electron chi connectivity index (χ1n) is 6.86. The number of aromatic nitrogens is 2. The molecule has 0 amide bonds. The number of nitrogens with two attached hydrogens (primary N) is 1. The van der Waals surface area contributed by atoms with Gasteiger partial charge in [-0.3, -0.25) is 5.43 Å². The zero-order valence-electron chi connectivity index (χ0n) is 11.9. The Bertz CT molecular complexity index is 628. The van der Waals surface area contributed by atoms with Gasteiger partial charge in [0.1, 0.15) is 11.4 Å². The van der Waals surface area contributed by atoms with Crippen LogP contribution in [0.5, 0.6) is 0 Å². The van der Waals surface area contributed by atoms with Gasteiger partial charge in [-0.15, -0.1) is 0 Å². The lowest BCUT2D eigenvalue weighted by Gasteiger charge is -2.26. The van der Waals surface area contributed by atoms with E-state index in [-0.39, 0.29) is 5.60 Å². The molecule has 1 aromatic heterocycles. The molecule has 4 N–H and O–H groups in total. The molecule has 1 aliphatic rings. The minimum Gasteiger partial charge on any atom is -0.378 e. The highest BCUT2D eigenvalue weighted by Gasteiger charge is 2.34. The topological polar surface area (TPSA) is 94.3 Å². The number of ether oxygens (including phenoxy) is 2. The number of benzene rings is 1. The van der Waals surface area contributed by atoms with E-state index in [0.717, 1.165) is 29.7 Å². The number of para-hydroxylation sites is 1. The molecule has 2 aromatic rings. The maximum absolute atomic E-state index is 5.62. The predicted octanol–water partition coefficient (Wildman–Crippen LogP) is 1.13. The standard InChI is InChI=1S/C14H19N5O2/c1-20-14(6-7-21-9-14)8-16-12-10-4-2-3-5-11(10)17-13(18-12)19-15/h2-5H,6-9,15H2,1H3,(H2,16,17,18,19). The minimum atomic E-state index is -0.303. The van der Waals surface area contributed by atoms with Crippen molar-refractivity contribution in [3.05, 3.63) is 24.3 Å². The number of hydrazine groups is 1. The van der Waals surface area contributed by atoms with Crippen LogP contribution in [-0.2, 0) is 9.47 Å². The fourth-order valence-electron chi connectivity index (χ4n) is 2.48. The predicted molar refractivity (Wildman–Crippen MR) is 81.0 cm³/mol. The number of nitrogen functional groups attached to an aromatic ring is 1. The Morgan fingerprint density at radius 2 is 2.24 bits per heavy atom. The highest BCUT2D eigenvalue weighted by Crippen LogP contribution is 2.26. The smallest absolute Gasteiger partial charge is 0.239 e. The number of nitrogens with zero attached hydrogens (tertiary/aromatic N) is 2. The zero-order valence-corrected chi connectivity index (χ0v) is 11.9. The fourth-order valence-corrected chi connectivity index (χ4v) is 2.48. The van der Waals surface area contributed by atoms with E-state index in [1.165, 1.54) is 0 Å². The van der Waals surface area contributed by atoms with Crippen molar-refractivity contribution >= 4 is 22.7 Å². The molecule has 7 heteroatoms. The molecular weight excluding hydrogens is 270 g/mol. The van der Waals surface area contributed by atoms with Crippen LogP contribution in [0.15, 0.2) is 24.3 Å². The second kappa shape index (κ2) is 5.80. The summed E-state index contributed by atoms with van der Waals surface area (Å²) in [5, 5.41) is 4.29. The lowest BCUT2D eigenvalue weighted by molar-refractivity contribution is -0.00623. The van der Waals surface area contributed by atoms with Crippen molar-refractivity contribution in [2.24, 2.45) is 5.84 Å². The van der Waals surface area contributed by atoms with Crippen LogP contribution in [-0.4, -0.2) is 42.4 Å². The summed E-state index contributed by atoms with van der Waals surface area (Å²) in [5.74, 6) is 6.55. The average molecular weight is 289 g/mol. The van der Waals surface area contributed by atoms with Crippen molar-refractivity contribution in [2.45, 2.75) is 12.0 Å². The maximum Gasteiger partial charge on any atom is 0.239 e. The molecule has 3 rings (SSSR count). The lowest BCUT2D eigenvalue weighted by atomic mass is 10.0. The van der Waals surface area contributed by atoms with E-state index in [9.17, 15) is 0 Å². The van der Waals surface area contributed by atoms with Gasteiger partial charge in [-0.25, -0.2) is 10.8 Å². The van der Waals surface area contributed by atoms with Crippen LogP contribution in [0.3, 0.4) is 0 Å². The summed E-state index contributed by atoms with van der Waals surface area (Å²) < 4.78 is 11.1. The number of methoxy groups -OCH3 is 1. The summed E-state index contributed by atoms with van der Waals surface area (Å²) >= 11 is 0. The molecule has 1 saturated heterocycles. The van der Waals surface area contributed by atoms with Crippen molar-refractivity contribution in [1.82, 2.24) is 9.97 Å². The first kappa shape index (κ1) is 14.0. The number of nitrogens with one attached hydrogen (secondary N) is 2. The van der Waals surface area contributed by atoms with Crippen LogP contribution in [0.4, 0.5) is 11.8 Å². The summed E-state index contributed by atoms with van der Waals surface area (Å²) in [6, 6.07) is 7.79. The van der Waals surface area contributed by atoms with Crippen LogP contribution in [0.2, 0.25) is 0 Å². The number of rotatable bonds is 5. The van der Waals surface area contributed by atoms with E-state index < -0.39 is 0 Å². The Hall–Kier alpha value is -1.96. The van der Waals surface area contributed by atoms with Gasteiger partial charge in [0.2, 0.25) is 5.95 Å². The van der Waals surface area contributed by atoms with Gasteiger partial charge in [0.05, 0.1) is 12.1 Å². The van der Waals surface area contributed by atoms with E-state index in [4.69, 9.17) is 15.3 Å². The number of hydrogen-bond acceptors (Lipinski definition) is 7. The Kier molecular flexibility index (Phi) is 3.87. The first-order valence-corrected chi connectivity index (χ1v) is 6.86. The van der Waals surface area contributed by atoms with Crippen LogP contribution < -0.4 is 16.6 Å². The van der Waals surface area contributed by atoms with E-state index >= 15 is 0 Å². The van der Waals surface area contributed by atoms with Gasteiger partial charge in [0.25, 0.3) is 0 Å². The minimum absolute atomic E-state index is 0.303. The van der Waals surface area contributed by atoms with Gasteiger partial charge < -0.3 is 14.8 Å². The average Bonchev–Trinajstić information content (AvgIpc) is 3.02. The van der Waals surface area contributed by atoms with Crippen LogP contribution >= 0.6 is 0 Å². The highest BCUT2D eigenvalue weighted by molar-refractivity contribution is 5.90. The molecule has 1 aromatic carbocycles. The first-order chi connectivity index (χ1) is 10.3. The van der Waals surface area contributed by atoms with Crippen LogP contribution in [0, 0.1) is 0 Å². The number of hydrogen-bond donors (Lipinski definition) is 3. The summed E-state index contributed by atoms with van der Waals surface area (Å²) in [5.41, 5.74) is 3.02. The molecule has 112 valence electrons. The van der Waals surface area contributed by atoms with Crippen LogP contribution in [0.25, 0.3) is 10.9 Å². The molecule has 1 fully saturated rings. The van der Waals surface area contributed by atoms with E-state index in [1.54, 1.807) is 7.11 Å². The Labute approximate surface area is 122 Å². The third kappa shape index (κ3) is 2.76. The van der Waals surface area contributed by atoms with Gasteiger partial charge in [-0.2, -0.15) is 4.98 Å². The van der Waals surface area contributed by atoms with Crippen molar-refractivity contribution in [3.63, 3.8) is 0 Å². The highest BCUT2D eigenvalue weighted by atomic mass is 16.5. The second-order valence-electron chi connectivity index (χ2n) is 5.10. The third-order valence-electron chi connectivity index (χ3n) is 3.81. The van der Waals surface area contributed by atoms with Gasteiger partial charge in [0, 0.05) is 32.1 Å². The van der Waals surface area contributed by atoms with Crippen molar-refractivity contribution in [1.29, 1.82) is 0 Å². The van der Waals surface area contributed by atoms with Gasteiger partial charge in [0.15, 0.2) is 0 Å². The SMILES string of the molecule is COC1(CNc2nc(NN)nc3ccccc23)CCOC1. The summed E-state index contributed by atoms with van der Waals surface area (Å²) in [4.78, 5) is 8.72. The maximum atomic E-state index is 5.62. The summed E-state index contributed by atoms with van der Waals surface area (Å²) in [6.07, 6.45) is 0.863. The number of anilines is 2. The Balaban J connectivity index is 1.89. The molecule has 21 heavy (non-hydrogen) atoms. The second-order valence-corrected chi connectivity index (χ2v) is 5.10. The molecule has 0 bridgehead atoms. The van der Waals surface area contributed by atoms with Crippen molar-refractivity contribution < 1.29 is 9.47 Å². The zero-order chi connectivity index (χ0) is 14.7. The molecule has 0 radical (unpaired) electrons. The van der Waals surface area contributed by atoms with Gasteiger partial charge in [-0.1, -0.05) is 12.1 Å². The lowest BCUT2D eigenvalue weighted by Crippen LogP contribution is -2.39. The summed E-state index contributed by atoms with van der Waals surface area (Å²) in [6.45, 7) is 1.92. The molecule has 1 unspecified atom stereocenters. The molecule has 7 nitrogen and oxygen atoms in total. The third-order valence-corrected chi connectivity index (χ3v) is 3.81. The largest absolute Gasteiger partial charge is 0.378 e. The quantitative estimate of drug-likeness (QED) is 0.561. The van der Waals surface area contributed by atoms with Crippen LogP contribution in [0.1, 0.15) is 6.42 Å². The van der Waals surface area contributed by atoms with E-state index in [0.29, 0.717) is 19.1 Å². The molecular formula is C14H19N5O2. The van der Waals surface area contributed by atoms with Crippen molar-refractivity contribution in [2.75, 3.05) is 37.6 Å². The van der Waals surface area contributed by atoms with Gasteiger partial charge in [-0.05, 0) is 12.1 Å². The molecule has 1 aliphatic heterocycles. The summed E-state index contributed by atoms with van der Waals surface area (Å²) in [7, 11) is 1.71. The molecule has 0 spiro atoms. The normalized spacial score (nSPS) is 21.6. The Morgan fingerprint density at radius 3 is 2.95 bits per heavy atom. The van der Waals surface area contributed by atoms with Gasteiger partial charge >= 0.3 is 0 Å². The molecule has 0 aliphatic carbocycles. The number of fused-ring (bicyclic) bond motifs is 1. The van der Waals surface area contributed by atoms with E-state index in [2.05, 4.69) is 20.7 Å². The molecule has 2 heterocycles. The fraction of sp³-hybridized carbons (Fsp3) is 0.429. The van der Waals surface area contributed by atoms with Crippen molar-refractivity contribution in [3.8, 4) is 0 Å².